The number of hydrogen-bond donors (Lipinski definition) is 1. The van der Waals surface area contributed by atoms with Gasteiger partial charge in [0.2, 0.25) is 5.75 Å². The first-order valence-corrected chi connectivity index (χ1v) is 3.83. The third-order valence-corrected chi connectivity index (χ3v) is 1.47. The Bertz CT molecular complexity index is 400. The van der Waals surface area contributed by atoms with Gasteiger partial charge in [-0.2, -0.15) is 0 Å². The van der Waals surface area contributed by atoms with Crippen LogP contribution in [0, 0.1) is 0 Å². The van der Waals surface area contributed by atoms with E-state index in [2.05, 4.69) is 10.1 Å². The summed E-state index contributed by atoms with van der Waals surface area (Å²) in [5, 5.41) is 2.65. The molecule has 1 rings (SSSR count). The second-order valence-corrected chi connectivity index (χ2v) is 2.49. The highest BCUT2D eigenvalue weighted by molar-refractivity contribution is 5.74. The third kappa shape index (κ3) is 1.58. The van der Waals surface area contributed by atoms with Crippen LogP contribution in [-0.2, 0) is 4.79 Å². The molecule has 0 atom stereocenters. The van der Waals surface area contributed by atoms with Gasteiger partial charge in [0, 0.05) is 13.5 Å². The Morgan fingerprint density at radius 2 is 2.00 bits per heavy atom. The molecule has 0 amide bonds. The molecule has 0 aliphatic rings. The summed E-state index contributed by atoms with van der Waals surface area (Å²) >= 11 is 0. The average Bonchev–Trinajstić information content (AvgIpc) is 2.10. The molecule has 0 spiro atoms. The molecule has 1 aromatic rings. The number of carbonyl (C=O) groups is 1. The number of esters is 1. The fourth-order valence-corrected chi connectivity index (χ4v) is 0.949. The van der Waals surface area contributed by atoms with Crippen LogP contribution in [0.3, 0.4) is 0 Å². The summed E-state index contributed by atoms with van der Waals surface area (Å²) in [5.74, 6) is -0.773. The Hall–Kier alpha value is -1.65. The molecule has 70 valence electrons. The minimum atomic E-state index is -0.744. The van der Waals surface area contributed by atoms with Crippen LogP contribution in [0.4, 0.5) is 5.69 Å². The van der Waals surface area contributed by atoms with Crippen molar-refractivity contribution in [3.63, 3.8) is 0 Å². The van der Waals surface area contributed by atoms with Gasteiger partial charge in [0.1, 0.15) is 5.69 Å². The van der Waals surface area contributed by atoms with Crippen molar-refractivity contribution in [1.29, 1.82) is 0 Å². The molecule has 0 saturated carbocycles. The van der Waals surface area contributed by atoms with Crippen molar-refractivity contribution in [2.24, 2.45) is 0 Å². The molecule has 0 fully saturated rings. The van der Waals surface area contributed by atoms with Crippen LogP contribution in [0.5, 0.6) is 5.75 Å². The Kier molecular flexibility index (Phi) is 2.46. The van der Waals surface area contributed by atoms with Crippen LogP contribution in [0.15, 0.2) is 9.59 Å². The zero-order chi connectivity index (χ0) is 10.0. The molecule has 0 saturated heterocycles. The first-order valence-electron chi connectivity index (χ1n) is 3.83. The molecule has 1 N–H and O–H groups in total. The molecule has 13 heavy (non-hydrogen) atoms. The van der Waals surface area contributed by atoms with Gasteiger partial charge in [-0.15, -0.1) is 0 Å². The molecule has 0 radical (unpaired) electrons. The van der Waals surface area contributed by atoms with Gasteiger partial charge in [-0.25, -0.2) is 0 Å². The largest absolute Gasteiger partial charge is 0.420 e. The van der Waals surface area contributed by atoms with Gasteiger partial charge in [0.15, 0.2) is 0 Å². The lowest BCUT2D eigenvalue weighted by atomic mass is 10.2. The predicted octanol–water partition coefficient (Wildman–Crippen LogP) is -0.360. The fraction of sp³-hybridized carbons (Fsp3) is 0.375. The van der Waals surface area contributed by atoms with Crippen LogP contribution < -0.4 is 20.9 Å². The van der Waals surface area contributed by atoms with E-state index in [0.29, 0.717) is 6.54 Å². The van der Waals surface area contributed by atoms with E-state index in [1.54, 1.807) is 6.92 Å². The quantitative estimate of drug-likeness (QED) is 0.511. The second-order valence-electron chi connectivity index (χ2n) is 2.49. The van der Waals surface area contributed by atoms with Gasteiger partial charge >= 0.3 is 5.97 Å². The van der Waals surface area contributed by atoms with Gasteiger partial charge in [-0.05, 0) is 6.92 Å². The minimum absolute atomic E-state index is 0.0997. The Morgan fingerprint density at radius 3 is 2.46 bits per heavy atom. The van der Waals surface area contributed by atoms with Crippen LogP contribution in [0.25, 0.3) is 0 Å². The van der Waals surface area contributed by atoms with Crippen molar-refractivity contribution in [3.8, 4) is 5.75 Å². The average molecular weight is 183 g/mol. The molecule has 1 aromatic carbocycles. The van der Waals surface area contributed by atoms with Crippen molar-refractivity contribution in [2.75, 3.05) is 11.9 Å². The summed E-state index contributed by atoms with van der Waals surface area (Å²) in [6.07, 6.45) is 0. The number of nitrogens with one attached hydrogen (secondary N) is 1. The van der Waals surface area contributed by atoms with E-state index in [0.717, 1.165) is 0 Å². The monoisotopic (exact) mass is 183 g/mol. The first-order chi connectivity index (χ1) is 6.07. The van der Waals surface area contributed by atoms with Gasteiger partial charge in [0.25, 0.3) is 10.9 Å². The third-order valence-electron chi connectivity index (χ3n) is 1.47. The fourth-order valence-electron chi connectivity index (χ4n) is 0.949. The van der Waals surface area contributed by atoms with Crippen LogP contribution in [0.2, 0.25) is 0 Å². The molecule has 0 bridgehead atoms. The van der Waals surface area contributed by atoms with Crippen molar-refractivity contribution in [2.45, 2.75) is 13.8 Å². The Morgan fingerprint density at radius 1 is 1.38 bits per heavy atom. The van der Waals surface area contributed by atoms with E-state index in [4.69, 9.17) is 0 Å². The molecular formula is C8H9NO4. The van der Waals surface area contributed by atoms with Crippen molar-refractivity contribution >= 4 is 11.7 Å². The molecule has 0 aliphatic carbocycles. The maximum Gasteiger partial charge on any atom is 0.308 e. The summed E-state index contributed by atoms with van der Waals surface area (Å²) in [6, 6.07) is 0. The molecule has 0 aromatic heterocycles. The van der Waals surface area contributed by atoms with Crippen LogP contribution in [0.1, 0.15) is 13.8 Å². The Labute approximate surface area is 74.0 Å². The lowest BCUT2D eigenvalue weighted by Gasteiger charge is -2.09. The van der Waals surface area contributed by atoms with Gasteiger partial charge in [-0.3, -0.25) is 14.4 Å². The zero-order valence-corrected chi connectivity index (χ0v) is 7.34. The highest BCUT2D eigenvalue weighted by atomic mass is 16.5. The number of hydrogen-bond acceptors (Lipinski definition) is 5. The number of carbonyl (C=O) groups excluding carboxylic acids is 1. The van der Waals surface area contributed by atoms with E-state index >= 15 is 0 Å². The van der Waals surface area contributed by atoms with Gasteiger partial charge in [0.05, 0.1) is 0 Å². The summed E-state index contributed by atoms with van der Waals surface area (Å²) < 4.78 is 4.54. The zero-order valence-electron chi connectivity index (χ0n) is 7.34. The summed E-state index contributed by atoms with van der Waals surface area (Å²) in [5.41, 5.74) is -1.27. The van der Waals surface area contributed by atoms with E-state index in [9.17, 15) is 14.4 Å². The lowest BCUT2D eigenvalue weighted by molar-refractivity contribution is -0.131. The van der Waals surface area contributed by atoms with E-state index in [-0.39, 0.29) is 11.4 Å². The minimum Gasteiger partial charge on any atom is -0.420 e. The summed E-state index contributed by atoms with van der Waals surface area (Å²) in [4.78, 5) is 32.2. The van der Waals surface area contributed by atoms with Gasteiger partial charge < -0.3 is 10.1 Å². The highest BCUT2D eigenvalue weighted by Crippen LogP contribution is 2.16. The topological polar surface area (TPSA) is 72.5 Å². The lowest BCUT2D eigenvalue weighted by Crippen LogP contribution is -2.36. The number of anilines is 1. The molecule has 0 heterocycles. The maximum atomic E-state index is 10.9. The van der Waals surface area contributed by atoms with Gasteiger partial charge in [-0.1, -0.05) is 0 Å². The molecular weight excluding hydrogens is 174 g/mol. The molecule has 5 nitrogen and oxygen atoms in total. The van der Waals surface area contributed by atoms with Crippen LogP contribution >= 0.6 is 0 Å². The summed E-state index contributed by atoms with van der Waals surface area (Å²) in [6.45, 7) is 3.44. The maximum absolute atomic E-state index is 10.9. The van der Waals surface area contributed by atoms with Crippen molar-refractivity contribution in [3.05, 3.63) is 20.4 Å². The predicted molar refractivity (Wildman–Crippen MR) is 46.8 cm³/mol. The van der Waals surface area contributed by atoms with E-state index in [1.165, 1.54) is 6.92 Å². The Balaban J connectivity index is 2.94. The highest BCUT2D eigenvalue weighted by Gasteiger charge is 2.22. The number of ether oxygens (including phenoxy) is 1. The molecule has 0 aliphatic heterocycles. The van der Waals surface area contributed by atoms with Crippen molar-refractivity contribution in [1.82, 2.24) is 0 Å². The number of rotatable bonds is 3. The standard InChI is InChI=1S/C8H9NO4/c1-3-9-5-6(11)7(12)8(5)13-4(2)10/h9H,3H2,1-2H3. The molecule has 5 heteroatoms. The second kappa shape index (κ2) is 3.38. The summed E-state index contributed by atoms with van der Waals surface area (Å²) in [7, 11) is 0. The van der Waals surface area contributed by atoms with E-state index in [1.807, 2.05) is 0 Å². The molecule has 0 unspecified atom stereocenters. The normalized spacial score (nSPS) is 10.0. The van der Waals surface area contributed by atoms with Crippen molar-refractivity contribution < 1.29 is 9.53 Å². The van der Waals surface area contributed by atoms with E-state index < -0.39 is 16.8 Å². The first kappa shape index (κ1) is 9.44. The smallest absolute Gasteiger partial charge is 0.308 e. The van der Waals surface area contributed by atoms with Crippen LogP contribution in [-0.4, -0.2) is 12.5 Å². The SMILES string of the molecule is CCNc1c(OC(C)=O)c(=O)c1=O.